The topological polar surface area (TPSA) is 142 Å². The summed E-state index contributed by atoms with van der Waals surface area (Å²) in [5.74, 6) is -1.73. The average molecular weight is 499 g/mol. The summed E-state index contributed by atoms with van der Waals surface area (Å²) in [5.41, 5.74) is 2.33. The van der Waals surface area contributed by atoms with Crippen LogP contribution in [0.15, 0.2) is 45.7 Å². The standard InChI is InChI=1S/C25H23ClN2O7/c1-11-12(2)25(33)35-21-9-22(18(26)8-16(11)21)34-13(3)23(30)28-20(24(31)32)6-14-10-27-19-5-4-15(29)7-17(14)19/h4-5,7-10,13,20,27,29H,6H2,1-3H3,(H,28,30)(H,31,32)/t13-,20+/m1/s1. The van der Waals surface area contributed by atoms with E-state index in [4.69, 9.17) is 20.8 Å². The fourth-order valence-corrected chi connectivity index (χ4v) is 4.03. The normalized spacial score (nSPS) is 13.0. The summed E-state index contributed by atoms with van der Waals surface area (Å²) in [6.07, 6.45) is 0.521. The first-order chi connectivity index (χ1) is 16.5. The maximum atomic E-state index is 12.8. The van der Waals surface area contributed by atoms with Crippen LogP contribution in [0.1, 0.15) is 23.6 Å². The second-order valence-corrected chi connectivity index (χ2v) is 8.73. The Morgan fingerprint density at radius 3 is 2.63 bits per heavy atom. The number of hydrogen-bond donors (Lipinski definition) is 4. The van der Waals surface area contributed by atoms with Gasteiger partial charge in [0.2, 0.25) is 0 Å². The summed E-state index contributed by atoms with van der Waals surface area (Å²) in [4.78, 5) is 39.7. The lowest BCUT2D eigenvalue weighted by Gasteiger charge is -2.19. The molecule has 0 aliphatic heterocycles. The van der Waals surface area contributed by atoms with Crippen LogP contribution in [0.2, 0.25) is 5.02 Å². The number of halogens is 1. The number of H-pyrrole nitrogens is 1. The van der Waals surface area contributed by atoms with Crippen molar-refractivity contribution in [1.82, 2.24) is 10.3 Å². The molecule has 182 valence electrons. The van der Waals surface area contributed by atoms with Crippen molar-refractivity contribution in [3.05, 3.63) is 68.7 Å². The molecular formula is C25H23ClN2O7. The highest BCUT2D eigenvalue weighted by Gasteiger charge is 2.26. The third-order valence-electron chi connectivity index (χ3n) is 5.97. The van der Waals surface area contributed by atoms with Crippen molar-refractivity contribution in [2.75, 3.05) is 0 Å². The number of fused-ring (bicyclic) bond motifs is 2. The molecule has 0 fully saturated rings. The van der Waals surface area contributed by atoms with Crippen molar-refractivity contribution in [3.8, 4) is 11.5 Å². The summed E-state index contributed by atoms with van der Waals surface area (Å²) in [6, 6.07) is 6.50. The Kier molecular flexibility index (Phi) is 6.45. The van der Waals surface area contributed by atoms with Gasteiger partial charge in [-0.05, 0) is 56.2 Å². The largest absolute Gasteiger partial charge is 0.508 e. The molecule has 0 unspecified atom stereocenters. The van der Waals surface area contributed by atoms with Crippen molar-refractivity contribution >= 4 is 45.3 Å². The Morgan fingerprint density at radius 1 is 1.17 bits per heavy atom. The molecule has 10 heteroatoms. The molecule has 2 heterocycles. The van der Waals surface area contributed by atoms with Gasteiger partial charge in [0.1, 0.15) is 23.1 Å². The Hall–Kier alpha value is -3.98. The summed E-state index contributed by atoms with van der Waals surface area (Å²) in [6.45, 7) is 4.89. The van der Waals surface area contributed by atoms with E-state index in [1.807, 2.05) is 0 Å². The smallest absolute Gasteiger partial charge is 0.339 e. The average Bonchev–Trinajstić information content (AvgIpc) is 3.20. The van der Waals surface area contributed by atoms with Crippen LogP contribution >= 0.6 is 11.6 Å². The Bertz CT molecular complexity index is 1520. The Labute approximate surface area is 204 Å². The first-order valence-corrected chi connectivity index (χ1v) is 11.1. The fourth-order valence-electron chi connectivity index (χ4n) is 3.82. The lowest BCUT2D eigenvalue weighted by atomic mass is 10.0. The first kappa shape index (κ1) is 24.2. The van der Waals surface area contributed by atoms with Crippen molar-refractivity contribution in [2.24, 2.45) is 0 Å². The minimum absolute atomic E-state index is 0.0161. The van der Waals surface area contributed by atoms with Crippen molar-refractivity contribution < 1.29 is 29.0 Å². The molecule has 35 heavy (non-hydrogen) atoms. The molecule has 1 amide bonds. The van der Waals surface area contributed by atoms with Gasteiger partial charge in [-0.15, -0.1) is 0 Å². The van der Waals surface area contributed by atoms with Crippen LogP contribution in [0.25, 0.3) is 21.9 Å². The maximum absolute atomic E-state index is 12.8. The van der Waals surface area contributed by atoms with Gasteiger partial charge in [-0.1, -0.05) is 11.6 Å². The highest BCUT2D eigenvalue weighted by molar-refractivity contribution is 6.32. The van der Waals surface area contributed by atoms with E-state index in [1.165, 1.54) is 25.1 Å². The number of benzene rings is 2. The van der Waals surface area contributed by atoms with E-state index in [2.05, 4.69) is 10.3 Å². The van der Waals surface area contributed by atoms with E-state index >= 15 is 0 Å². The number of aromatic hydroxyl groups is 1. The number of carboxylic acids is 1. The molecule has 0 bridgehead atoms. The van der Waals surface area contributed by atoms with Crippen LogP contribution in [0.4, 0.5) is 0 Å². The van der Waals surface area contributed by atoms with Gasteiger partial charge in [0, 0.05) is 40.5 Å². The quantitative estimate of drug-likeness (QED) is 0.284. The van der Waals surface area contributed by atoms with E-state index in [0.29, 0.717) is 21.9 Å². The number of nitrogens with one attached hydrogen (secondary N) is 2. The highest BCUT2D eigenvalue weighted by Crippen LogP contribution is 2.32. The third kappa shape index (κ3) is 4.81. The van der Waals surface area contributed by atoms with Gasteiger partial charge < -0.3 is 29.7 Å². The Morgan fingerprint density at radius 2 is 1.91 bits per heavy atom. The second-order valence-electron chi connectivity index (χ2n) is 8.33. The maximum Gasteiger partial charge on any atom is 0.339 e. The summed E-state index contributed by atoms with van der Waals surface area (Å²) in [7, 11) is 0. The van der Waals surface area contributed by atoms with Gasteiger partial charge in [0.25, 0.3) is 5.91 Å². The molecule has 4 N–H and O–H groups in total. The summed E-state index contributed by atoms with van der Waals surface area (Å²) < 4.78 is 11.0. The predicted molar refractivity (Wildman–Crippen MR) is 130 cm³/mol. The molecule has 0 aliphatic carbocycles. The van der Waals surface area contributed by atoms with Gasteiger partial charge in [0.05, 0.1) is 5.02 Å². The van der Waals surface area contributed by atoms with Gasteiger partial charge in [-0.25, -0.2) is 9.59 Å². The van der Waals surface area contributed by atoms with Crippen LogP contribution in [0.5, 0.6) is 11.5 Å². The number of phenolic OH excluding ortho intramolecular Hbond substituents is 1. The number of aromatic amines is 1. The molecular weight excluding hydrogens is 476 g/mol. The number of carbonyl (C=O) groups excluding carboxylic acids is 1. The summed E-state index contributed by atoms with van der Waals surface area (Å²) >= 11 is 6.34. The zero-order chi connectivity index (χ0) is 25.4. The van der Waals surface area contributed by atoms with Crippen LogP contribution in [-0.4, -0.2) is 39.2 Å². The molecule has 0 saturated carbocycles. The van der Waals surface area contributed by atoms with Crippen molar-refractivity contribution in [1.29, 1.82) is 0 Å². The zero-order valence-electron chi connectivity index (χ0n) is 19.1. The van der Waals surface area contributed by atoms with Crippen LogP contribution < -0.4 is 15.7 Å². The third-order valence-corrected chi connectivity index (χ3v) is 6.27. The van der Waals surface area contributed by atoms with Crippen LogP contribution in [-0.2, 0) is 16.0 Å². The lowest BCUT2D eigenvalue weighted by Crippen LogP contribution is -2.47. The molecule has 2 aromatic heterocycles. The SMILES string of the molecule is Cc1c(C)c2cc(Cl)c(O[C@H](C)C(=O)N[C@@H](Cc3c[nH]c4ccc(O)cc34)C(=O)O)cc2oc1=O. The molecule has 4 rings (SSSR count). The predicted octanol–water partition coefficient (Wildman–Crippen LogP) is 3.83. The van der Waals surface area contributed by atoms with Crippen molar-refractivity contribution in [2.45, 2.75) is 39.3 Å². The molecule has 0 radical (unpaired) electrons. The molecule has 9 nitrogen and oxygen atoms in total. The van der Waals surface area contributed by atoms with E-state index in [0.717, 1.165) is 11.1 Å². The minimum atomic E-state index is -1.24. The van der Waals surface area contributed by atoms with Crippen LogP contribution in [0, 0.1) is 13.8 Å². The van der Waals surface area contributed by atoms with Crippen molar-refractivity contribution in [3.63, 3.8) is 0 Å². The number of phenols is 1. The zero-order valence-corrected chi connectivity index (χ0v) is 19.9. The number of ether oxygens (including phenoxy) is 1. The van der Waals surface area contributed by atoms with Gasteiger partial charge >= 0.3 is 11.6 Å². The highest BCUT2D eigenvalue weighted by atomic mass is 35.5. The van der Waals surface area contributed by atoms with E-state index in [9.17, 15) is 24.6 Å². The number of aryl methyl sites for hydroxylation is 1. The number of rotatable bonds is 7. The second kappa shape index (κ2) is 9.34. The molecule has 0 spiro atoms. The molecule has 0 saturated heterocycles. The first-order valence-electron chi connectivity index (χ1n) is 10.8. The van der Waals surface area contributed by atoms with E-state index in [-0.39, 0.29) is 28.5 Å². The van der Waals surface area contributed by atoms with Gasteiger partial charge in [0.15, 0.2) is 6.10 Å². The van der Waals surface area contributed by atoms with Gasteiger partial charge in [-0.3, -0.25) is 4.79 Å². The number of carboxylic acid groups (broad SMARTS) is 1. The number of aliphatic carboxylic acids is 1. The number of carbonyl (C=O) groups is 2. The molecule has 4 aromatic rings. The Balaban J connectivity index is 1.52. The molecule has 2 aromatic carbocycles. The van der Waals surface area contributed by atoms with Crippen LogP contribution in [0.3, 0.4) is 0 Å². The van der Waals surface area contributed by atoms with E-state index in [1.54, 1.807) is 32.2 Å². The monoisotopic (exact) mass is 498 g/mol. The molecule has 0 aliphatic rings. The fraction of sp³-hybridized carbons (Fsp3) is 0.240. The number of aromatic nitrogens is 1. The summed E-state index contributed by atoms with van der Waals surface area (Å²) in [5, 5.41) is 23.4. The minimum Gasteiger partial charge on any atom is -0.508 e. The van der Waals surface area contributed by atoms with E-state index < -0.39 is 29.6 Å². The number of hydrogen-bond acceptors (Lipinski definition) is 6. The van der Waals surface area contributed by atoms with Gasteiger partial charge in [-0.2, -0.15) is 0 Å². The lowest BCUT2D eigenvalue weighted by molar-refractivity contribution is -0.142. The number of amides is 1. The molecule has 2 atom stereocenters.